The van der Waals surface area contributed by atoms with E-state index in [1.165, 1.54) is 0 Å². The third-order valence-corrected chi connectivity index (χ3v) is 2.55. The Morgan fingerprint density at radius 3 is 2.44 bits per heavy atom. The average molecular weight is 222 g/mol. The molecule has 4 heteroatoms. The van der Waals surface area contributed by atoms with Gasteiger partial charge in [0.15, 0.2) is 5.78 Å². The number of ether oxygens (including phenoxy) is 3. The zero-order valence-electron chi connectivity index (χ0n) is 9.14. The Balaban J connectivity index is 2.07. The Morgan fingerprint density at radius 2 is 1.88 bits per heavy atom. The van der Waals surface area contributed by atoms with Gasteiger partial charge in [-0.15, -0.1) is 0 Å². The summed E-state index contributed by atoms with van der Waals surface area (Å²) < 4.78 is 15.2. The van der Waals surface area contributed by atoms with E-state index in [2.05, 4.69) is 0 Å². The molecular weight excluding hydrogens is 208 g/mol. The van der Waals surface area contributed by atoms with E-state index in [0.29, 0.717) is 18.8 Å². The van der Waals surface area contributed by atoms with Gasteiger partial charge in [-0.05, 0) is 24.3 Å². The van der Waals surface area contributed by atoms with Crippen LogP contribution in [0.15, 0.2) is 24.3 Å². The monoisotopic (exact) mass is 222 g/mol. The molecule has 86 valence electrons. The van der Waals surface area contributed by atoms with Gasteiger partial charge in [0.2, 0.25) is 0 Å². The average Bonchev–Trinajstić information content (AvgIpc) is 2.39. The number of ketones is 1. The molecule has 0 aromatic heterocycles. The number of Topliss-reactive ketones (excluding diaryl/α,β-unsaturated/α-hetero) is 1. The van der Waals surface area contributed by atoms with Gasteiger partial charge in [0.05, 0.1) is 26.2 Å². The summed E-state index contributed by atoms with van der Waals surface area (Å²) in [5, 5.41) is 0. The van der Waals surface area contributed by atoms with Crippen molar-refractivity contribution in [2.45, 2.75) is 0 Å². The number of carbonyl (C=O) groups is 1. The predicted octanol–water partition coefficient (Wildman–Crippen LogP) is 1.50. The van der Waals surface area contributed by atoms with Gasteiger partial charge in [-0.1, -0.05) is 0 Å². The fourth-order valence-electron chi connectivity index (χ4n) is 1.63. The second-order valence-electron chi connectivity index (χ2n) is 3.65. The fraction of sp³-hybridized carbons (Fsp3) is 0.417. The molecule has 0 unspecified atom stereocenters. The standard InChI is InChI=1S/C12H14O4/c1-14-11-4-2-9(3-5-11)12(13)10-6-15-8-16-7-10/h2-5,10H,6-8H2,1H3. The minimum Gasteiger partial charge on any atom is -0.497 e. The van der Waals surface area contributed by atoms with Crippen LogP contribution >= 0.6 is 0 Å². The maximum atomic E-state index is 12.0. The minimum absolute atomic E-state index is 0.0577. The highest BCUT2D eigenvalue weighted by Gasteiger charge is 2.23. The van der Waals surface area contributed by atoms with Crippen LogP contribution in [0.4, 0.5) is 0 Å². The third kappa shape index (κ3) is 2.40. The van der Waals surface area contributed by atoms with E-state index >= 15 is 0 Å². The molecule has 1 saturated heterocycles. The lowest BCUT2D eigenvalue weighted by Crippen LogP contribution is -2.30. The maximum absolute atomic E-state index is 12.0. The summed E-state index contributed by atoms with van der Waals surface area (Å²) in [5.41, 5.74) is 0.667. The third-order valence-electron chi connectivity index (χ3n) is 2.55. The Hall–Kier alpha value is -1.39. The molecule has 0 saturated carbocycles. The van der Waals surface area contributed by atoms with E-state index in [-0.39, 0.29) is 18.5 Å². The van der Waals surface area contributed by atoms with Crippen molar-refractivity contribution in [3.63, 3.8) is 0 Å². The number of hydrogen-bond donors (Lipinski definition) is 0. The Morgan fingerprint density at radius 1 is 1.25 bits per heavy atom. The molecule has 16 heavy (non-hydrogen) atoms. The first-order valence-corrected chi connectivity index (χ1v) is 5.15. The molecule has 1 fully saturated rings. The van der Waals surface area contributed by atoms with Crippen LogP contribution in [0.1, 0.15) is 10.4 Å². The lowest BCUT2D eigenvalue weighted by Gasteiger charge is -2.21. The van der Waals surface area contributed by atoms with E-state index < -0.39 is 0 Å². The summed E-state index contributed by atoms with van der Waals surface area (Å²) in [6.45, 7) is 1.15. The van der Waals surface area contributed by atoms with Crippen molar-refractivity contribution in [1.29, 1.82) is 0 Å². The SMILES string of the molecule is COc1ccc(C(=O)C2COCOC2)cc1. The molecule has 1 aromatic rings. The van der Waals surface area contributed by atoms with E-state index in [4.69, 9.17) is 14.2 Å². The van der Waals surface area contributed by atoms with Gasteiger partial charge in [-0.25, -0.2) is 0 Å². The van der Waals surface area contributed by atoms with Gasteiger partial charge >= 0.3 is 0 Å². The van der Waals surface area contributed by atoms with Crippen molar-refractivity contribution in [3.8, 4) is 5.75 Å². The highest BCUT2D eigenvalue weighted by Crippen LogP contribution is 2.16. The molecule has 0 amide bonds. The van der Waals surface area contributed by atoms with Crippen LogP contribution in [0.5, 0.6) is 5.75 Å². The molecule has 0 radical (unpaired) electrons. The van der Waals surface area contributed by atoms with E-state index in [0.717, 1.165) is 5.75 Å². The quantitative estimate of drug-likeness (QED) is 0.727. The number of methoxy groups -OCH3 is 1. The summed E-state index contributed by atoms with van der Waals surface area (Å²) >= 11 is 0. The number of benzene rings is 1. The molecule has 4 nitrogen and oxygen atoms in total. The fourth-order valence-corrected chi connectivity index (χ4v) is 1.63. The summed E-state index contributed by atoms with van der Waals surface area (Å²) in [5.74, 6) is 0.609. The summed E-state index contributed by atoms with van der Waals surface area (Å²) in [7, 11) is 1.60. The molecule has 0 spiro atoms. The highest BCUT2D eigenvalue weighted by atomic mass is 16.7. The van der Waals surface area contributed by atoms with Crippen molar-refractivity contribution >= 4 is 5.78 Å². The zero-order chi connectivity index (χ0) is 11.4. The van der Waals surface area contributed by atoms with E-state index in [1.807, 2.05) is 0 Å². The first-order chi connectivity index (χ1) is 7.81. The van der Waals surface area contributed by atoms with E-state index in [1.54, 1.807) is 31.4 Å². The predicted molar refractivity (Wildman–Crippen MR) is 57.6 cm³/mol. The van der Waals surface area contributed by atoms with Gasteiger partial charge in [0, 0.05) is 5.56 Å². The van der Waals surface area contributed by atoms with Gasteiger partial charge in [0.25, 0.3) is 0 Å². The van der Waals surface area contributed by atoms with Gasteiger partial charge in [-0.2, -0.15) is 0 Å². The van der Waals surface area contributed by atoms with Crippen LogP contribution < -0.4 is 4.74 Å². The zero-order valence-corrected chi connectivity index (χ0v) is 9.14. The van der Waals surface area contributed by atoms with Gasteiger partial charge in [0.1, 0.15) is 12.5 Å². The molecule has 1 aliphatic heterocycles. The lowest BCUT2D eigenvalue weighted by molar-refractivity contribution is -0.116. The normalized spacial score (nSPS) is 17.1. The molecule has 0 bridgehead atoms. The Bertz CT molecular complexity index is 352. The largest absolute Gasteiger partial charge is 0.497 e. The van der Waals surface area contributed by atoms with Crippen molar-refractivity contribution in [1.82, 2.24) is 0 Å². The van der Waals surface area contributed by atoms with Crippen molar-refractivity contribution < 1.29 is 19.0 Å². The second-order valence-corrected chi connectivity index (χ2v) is 3.65. The molecule has 2 rings (SSSR count). The van der Waals surface area contributed by atoms with Crippen LogP contribution in [0, 0.1) is 5.92 Å². The highest BCUT2D eigenvalue weighted by molar-refractivity contribution is 5.98. The second kappa shape index (κ2) is 5.09. The Labute approximate surface area is 94.1 Å². The van der Waals surface area contributed by atoms with Crippen molar-refractivity contribution in [3.05, 3.63) is 29.8 Å². The minimum atomic E-state index is -0.192. The molecular formula is C12H14O4. The Kier molecular flexibility index (Phi) is 3.54. The lowest BCUT2D eigenvalue weighted by atomic mass is 9.99. The number of carbonyl (C=O) groups excluding carboxylic acids is 1. The van der Waals surface area contributed by atoms with Crippen LogP contribution in [0.25, 0.3) is 0 Å². The van der Waals surface area contributed by atoms with Crippen LogP contribution in [0.2, 0.25) is 0 Å². The topological polar surface area (TPSA) is 44.8 Å². The summed E-state index contributed by atoms with van der Waals surface area (Å²) in [4.78, 5) is 12.0. The van der Waals surface area contributed by atoms with Crippen LogP contribution in [0.3, 0.4) is 0 Å². The summed E-state index contributed by atoms with van der Waals surface area (Å²) in [6.07, 6.45) is 0. The van der Waals surface area contributed by atoms with Crippen molar-refractivity contribution in [2.75, 3.05) is 27.1 Å². The molecule has 0 aliphatic carbocycles. The first-order valence-electron chi connectivity index (χ1n) is 5.15. The molecule has 1 aliphatic rings. The van der Waals surface area contributed by atoms with Gasteiger partial charge in [-0.3, -0.25) is 4.79 Å². The molecule has 1 heterocycles. The number of hydrogen-bond acceptors (Lipinski definition) is 4. The smallest absolute Gasteiger partial charge is 0.170 e. The first kappa shape index (κ1) is 11.1. The van der Waals surface area contributed by atoms with Gasteiger partial charge < -0.3 is 14.2 Å². The molecule has 0 atom stereocenters. The van der Waals surface area contributed by atoms with E-state index in [9.17, 15) is 4.79 Å². The molecule has 1 aromatic carbocycles. The van der Waals surface area contributed by atoms with Crippen LogP contribution in [-0.4, -0.2) is 32.9 Å². The van der Waals surface area contributed by atoms with Crippen molar-refractivity contribution in [2.24, 2.45) is 5.92 Å². The summed E-state index contributed by atoms with van der Waals surface area (Å²) in [6, 6.07) is 7.07. The number of rotatable bonds is 3. The maximum Gasteiger partial charge on any atom is 0.170 e. The van der Waals surface area contributed by atoms with Crippen LogP contribution in [-0.2, 0) is 9.47 Å². The molecule has 0 N–H and O–H groups in total.